The van der Waals surface area contributed by atoms with Gasteiger partial charge in [0, 0.05) is 11.1 Å². The van der Waals surface area contributed by atoms with Crippen LogP contribution in [0, 0.1) is 6.92 Å². The number of hydrazone groups is 1. The summed E-state index contributed by atoms with van der Waals surface area (Å²) in [4.78, 5) is 23.4. The fourth-order valence-electron chi connectivity index (χ4n) is 2.19. The summed E-state index contributed by atoms with van der Waals surface area (Å²) in [6.07, 6.45) is 1.21. The zero-order valence-electron chi connectivity index (χ0n) is 14.0. The minimum atomic E-state index is -1.44. The van der Waals surface area contributed by atoms with E-state index in [1.165, 1.54) is 32.6 Å². The molecule has 130 valence electrons. The van der Waals surface area contributed by atoms with Crippen LogP contribution < -0.4 is 20.0 Å². The maximum absolute atomic E-state index is 12.0. The van der Waals surface area contributed by atoms with Crippen LogP contribution in [0.25, 0.3) is 0 Å². The molecule has 0 aromatic heterocycles. The van der Waals surface area contributed by atoms with Gasteiger partial charge in [0.15, 0.2) is 11.5 Å². The van der Waals surface area contributed by atoms with Crippen LogP contribution in [0.1, 0.15) is 31.8 Å². The molecule has 25 heavy (non-hydrogen) atoms. The van der Waals surface area contributed by atoms with Crippen molar-refractivity contribution < 1.29 is 24.2 Å². The number of aromatic carboxylic acids is 1. The van der Waals surface area contributed by atoms with Crippen LogP contribution in [0.15, 0.2) is 41.5 Å². The molecule has 1 N–H and O–H groups in total. The molecule has 2 aromatic rings. The van der Waals surface area contributed by atoms with Crippen molar-refractivity contribution in [2.24, 2.45) is 5.10 Å². The van der Waals surface area contributed by atoms with Gasteiger partial charge in [0.25, 0.3) is 5.91 Å². The van der Waals surface area contributed by atoms with Crippen LogP contribution in [-0.2, 0) is 0 Å². The molecule has 0 spiro atoms. The number of aryl methyl sites for hydroxylation is 1. The van der Waals surface area contributed by atoms with Gasteiger partial charge >= 0.3 is 0 Å². The van der Waals surface area contributed by atoms with Crippen LogP contribution in [0.5, 0.6) is 11.5 Å². The molecule has 0 saturated carbocycles. The van der Waals surface area contributed by atoms with Crippen molar-refractivity contribution in [3.05, 3.63) is 58.7 Å². The van der Waals surface area contributed by atoms with Gasteiger partial charge < -0.3 is 19.4 Å². The van der Waals surface area contributed by atoms with Crippen molar-refractivity contribution in [2.45, 2.75) is 6.92 Å². The van der Waals surface area contributed by atoms with E-state index < -0.39 is 11.9 Å². The fourth-order valence-corrected chi connectivity index (χ4v) is 2.19. The molecule has 0 aliphatic rings. The minimum absolute atomic E-state index is 0.0244. The van der Waals surface area contributed by atoms with Crippen molar-refractivity contribution in [2.75, 3.05) is 14.2 Å². The van der Waals surface area contributed by atoms with E-state index >= 15 is 0 Å². The number of nitrogens with zero attached hydrogens (tertiary/aromatic N) is 1. The number of amides is 1. The summed E-state index contributed by atoms with van der Waals surface area (Å²) < 4.78 is 10.1. The Morgan fingerprint density at radius 3 is 2.32 bits per heavy atom. The molecule has 0 atom stereocenters. The largest absolute Gasteiger partial charge is 0.545 e. The second-order valence-corrected chi connectivity index (χ2v) is 5.12. The highest BCUT2D eigenvalue weighted by atomic mass is 16.5. The standard InChI is InChI=1S/C18H18N2O5/c1-11-4-6-12(7-5-11)17(21)20-19-10-13-8-9-14(24-2)16(25-3)15(13)18(22)23/h4-10H,1-3H3,(H,20,21)(H,22,23)/p-1/b19-10-. The first-order valence-corrected chi connectivity index (χ1v) is 7.34. The molecule has 2 rings (SSSR count). The Bertz CT molecular complexity index is 813. The molecular weight excluding hydrogens is 324 g/mol. The Hall–Kier alpha value is -3.35. The molecule has 0 saturated heterocycles. The third-order valence-corrected chi connectivity index (χ3v) is 3.47. The normalized spacial score (nSPS) is 10.5. The van der Waals surface area contributed by atoms with Crippen LogP contribution >= 0.6 is 0 Å². The molecule has 0 fully saturated rings. The van der Waals surface area contributed by atoms with E-state index in [2.05, 4.69) is 10.5 Å². The second kappa shape index (κ2) is 7.96. The third kappa shape index (κ3) is 4.14. The van der Waals surface area contributed by atoms with Crippen molar-refractivity contribution >= 4 is 18.1 Å². The van der Waals surface area contributed by atoms with E-state index in [1.54, 1.807) is 24.3 Å². The molecule has 0 unspecified atom stereocenters. The molecule has 7 heteroatoms. The lowest BCUT2D eigenvalue weighted by atomic mass is 10.1. The second-order valence-electron chi connectivity index (χ2n) is 5.12. The average molecular weight is 341 g/mol. The number of ether oxygens (including phenoxy) is 2. The van der Waals surface area contributed by atoms with Crippen molar-refractivity contribution in [3.8, 4) is 11.5 Å². The molecule has 1 amide bonds. The van der Waals surface area contributed by atoms with E-state index in [-0.39, 0.29) is 22.6 Å². The number of carboxylic acid groups (broad SMARTS) is 1. The molecule has 0 bridgehead atoms. The van der Waals surface area contributed by atoms with Gasteiger partial charge in [-0.1, -0.05) is 17.7 Å². The monoisotopic (exact) mass is 341 g/mol. The minimum Gasteiger partial charge on any atom is -0.545 e. The van der Waals surface area contributed by atoms with Gasteiger partial charge in [-0.05, 0) is 31.2 Å². The molecular formula is C18H17N2O5-. The molecule has 2 aromatic carbocycles. The summed E-state index contributed by atoms with van der Waals surface area (Å²) >= 11 is 0. The number of nitrogens with one attached hydrogen (secondary N) is 1. The fraction of sp³-hybridized carbons (Fsp3) is 0.167. The van der Waals surface area contributed by atoms with E-state index in [4.69, 9.17) is 9.47 Å². The van der Waals surface area contributed by atoms with E-state index in [1.807, 2.05) is 6.92 Å². The third-order valence-electron chi connectivity index (χ3n) is 3.47. The number of carbonyl (C=O) groups is 2. The Labute approximate surface area is 144 Å². The Balaban J connectivity index is 2.24. The van der Waals surface area contributed by atoms with Gasteiger partial charge in [-0.3, -0.25) is 4.79 Å². The Kier molecular flexibility index (Phi) is 5.73. The highest BCUT2D eigenvalue weighted by molar-refractivity contribution is 6.01. The lowest BCUT2D eigenvalue weighted by molar-refractivity contribution is -0.255. The van der Waals surface area contributed by atoms with Gasteiger partial charge in [-0.15, -0.1) is 0 Å². The SMILES string of the molecule is COc1ccc(/C=N\NC(=O)c2ccc(C)cc2)c(C(=O)[O-])c1OC. The first-order chi connectivity index (χ1) is 12.0. The lowest BCUT2D eigenvalue weighted by Crippen LogP contribution is -2.25. The topological polar surface area (TPSA) is 100 Å². The van der Waals surface area contributed by atoms with Gasteiger partial charge in [-0.2, -0.15) is 5.10 Å². The lowest BCUT2D eigenvalue weighted by Gasteiger charge is -2.15. The van der Waals surface area contributed by atoms with Crippen LogP contribution in [-0.4, -0.2) is 32.3 Å². The summed E-state index contributed by atoms with van der Waals surface area (Å²) in [6.45, 7) is 1.92. The summed E-state index contributed by atoms with van der Waals surface area (Å²) in [5.74, 6) is -1.58. The highest BCUT2D eigenvalue weighted by Gasteiger charge is 2.15. The highest BCUT2D eigenvalue weighted by Crippen LogP contribution is 2.32. The number of hydrogen-bond acceptors (Lipinski definition) is 6. The predicted octanol–water partition coefficient (Wildman–Crippen LogP) is 1.14. The van der Waals surface area contributed by atoms with Gasteiger partial charge in [0.2, 0.25) is 0 Å². The number of methoxy groups -OCH3 is 2. The van der Waals surface area contributed by atoms with E-state index in [0.717, 1.165) is 5.56 Å². The van der Waals surface area contributed by atoms with E-state index in [9.17, 15) is 14.7 Å². The quantitative estimate of drug-likeness (QED) is 0.627. The molecule has 0 aliphatic carbocycles. The van der Waals surface area contributed by atoms with Gasteiger partial charge in [0.05, 0.1) is 32.0 Å². The van der Waals surface area contributed by atoms with Crippen molar-refractivity contribution in [3.63, 3.8) is 0 Å². The maximum atomic E-state index is 12.0. The van der Waals surface area contributed by atoms with E-state index in [0.29, 0.717) is 5.56 Å². The number of benzene rings is 2. The predicted molar refractivity (Wildman–Crippen MR) is 90.1 cm³/mol. The summed E-state index contributed by atoms with van der Waals surface area (Å²) in [6, 6.07) is 9.97. The first-order valence-electron chi connectivity index (χ1n) is 7.34. The molecule has 7 nitrogen and oxygen atoms in total. The van der Waals surface area contributed by atoms with Crippen LogP contribution in [0.2, 0.25) is 0 Å². The van der Waals surface area contributed by atoms with Gasteiger partial charge in [0.1, 0.15) is 0 Å². The smallest absolute Gasteiger partial charge is 0.271 e. The number of hydrogen-bond donors (Lipinski definition) is 1. The van der Waals surface area contributed by atoms with Gasteiger partial charge in [-0.25, -0.2) is 5.43 Å². The van der Waals surface area contributed by atoms with Crippen molar-refractivity contribution in [1.82, 2.24) is 5.43 Å². The molecule has 0 aliphatic heterocycles. The maximum Gasteiger partial charge on any atom is 0.271 e. The summed E-state index contributed by atoms with van der Waals surface area (Å²) in [5, 5.41) is 15.2. The molecule has 0 heterocycles. The summed E-state index contributed by atoms with van der Waals surface area (Å²) in [7, 11) is 2.72. The summed E-state index contributed by atoms with van der Waals surface area (Å²) in [5.41, 5.74) is 3.81. The van der Waals surface area contributed by atoms with Crippen LogP contribution in [0.4, 0.5) is 0 Å². The zero-order valence-corrected chi connectivity index (χ0v) is 14.0. The number of carboxylic acids is 1. The molecule has 0 radical (unpaired) electrons. The van der Waals surface area contributed by atoms with Crippen LogP contribution in [0.3, 0.4) is 0 Å². The first kappa shape index (κ1) is 18.0. The Morgan fingerprint density at radius 1 is 1.08 bits per heavy atom. The van der Waals surface area contributed by atoms with Crippen molar-refractivity contribution in [1.29, 1.82) is 0 Å². The zero-order chi connectivity index (χ0) is 18.4. The Morgan fingerprint density at radius 2 is 1.76 bits per heavy atom. The number of carbonyl (C=O) groups excluding carboxylic acids is 2. The number of rotatable bonds is 6. The average Bonchev–Trinajstić information content (AvgIpc) is 2.61.